The summed E-state index contributed by atoms with van der Waals surface area (Å²) in [7, 11) is 0. The van der Waals surface area contributed by atoms with Crippen LogP contribution in [-0.4, -0.2) is 51.0 Å². The molecule has 0 bridgehead atoms. The first-order valence-corrected chi connectivity index (χ1v) is 10.1. The van der Waals surface area contributed by atoms with Gasteiger partial charge >= 0.3 is 6.03 Å². The Bertz CT molecular complexity index is 800. The summed E-state index contributed by atoms with van der Waals surface area (Å²) < 4.78 is 21.5. The SMILES string of the molecule is CCCc1cn(CC[C@H]2CC[C@@H](NC(=O)Nc3ccccc3F)[C@H](CO)O2)nn1. The quantitative estimate of drug-likeness (QED) is 0.626. The monoisotopic (exact) mass is 405 g/mol. The lowest BCUT2D eigenvalue weighted by atomic mass is 9.97. The van der Waals surface area contributed by atoms with E-state index in [2.05, 4.69) is 27.9 Å². The van der Waals surface area contributed by atoms with E-state index >= 15 is 0 Å². The van der Waals surface area contributed by atoms with Crippen molar-refractivity contribution in [2.75, 3.05) is 11.9 Å². The minimum atomic E-state index is -0.522. The molecule has 8 nitrogen and oxygen atoms in total. The number of aliphatic hydroxyl groups is 1. The number of nitrogens with one attached hydrogen (secondary N) is 2. The number of hydrogen-bond donors (Lipinski definition) is 3. The van der Waals surface area contributed by atoms with Crippen molar-refractivity contribution in [2.45, 2.75) is 63.8 Å². The van der Waals surface area contributed by atoms with Crippen molar-refractivity contribution in [1.82, 2.24) is 20.3 Å². The van der Waals surface area contributed by atoms with Gasteiger partial charge < -0.3 is 20.5 Å². The number of carbonyl (C=O) groups excluding carboxylic acids is 1. The van der Waals surface area contributed by atoms with Crippen LogP contribution in [0.3, 0.4) is 0 Å². The molecule has 29 heavy (non-hydrogen) atoms. The second kappa shape index (κ2) is 10.3. The topological polar surface area (TPSA) is 101 Å². The van der Waals surface area contributed by atoms with Crippen LogP contribution in [-0.2, 0) is 17.7 Å². The number of hydrogen-bond acceptors (Lipinski definition) is 5. The number of aryl methyl sites for hydroxylation is 2. The van der Waals surface area contributed by atoms with Gasteiger partial charge in [-0.15, -0.1) is 5.10 Å². The smallest absolute Gasteiger partial charge is 0.319 e. The zero-order chi connectivity index (χ0) is 20.6. The fraction of sp³-hybridized carbons (Fsp3) is 0.550. The molecule has 2 amide bonds. The molecule has 3 rings (SSSR count). The van der Waals surface area contributed by atoms with E-state index in [4.69, 9.17) is 4.74 Å². The highest BCUT2D eigenvalue weighted by atomic mass is 19.1. The highest BCUT2D eigenvalue weighted by Crippen LogP contribution is 2.23. The molecule has 0 aliphatic carbocycles. The number of rotatable bonds is 8. The number of ether oxygens (including phenoxy) is 1. The Labute approximate surface area is 169 Å². The Morgan fingerprint density at radius 2 is 2.21 bits per heavy atom. The Morgan fingerprint density at radius 1 is 1.38 bits per heavy atom. The maximum atomic E-state index is 13.7. The van der Waals surface area contributed by atoms with Crippen LogP contribution in [0.25, 0.3) is 0 Å². The Kier molecular flexibility index (Phi) is 7.54. The van der Waals surface area contributed by atoms with Gasteiger partial charge in [-0.05, 0) is 37.8 Å². The zero-order valence-corrected chi connectivity index (χ0v) is 16.6. The lowest BCUT2D eigenvalue weighted by Gasteiger charge is -2.36. The summed E-state index contributed by atoms with van der Waals surface area (Å²) in [4.78, 5) is 12.2. The summed E-state index contributed by atoms with van der Waals surface area (Å²) in [5.74, 6) is -0.503. The van der Waals surface area contributed by atoms with Crippen molar-refractivity contribution < 1.29 is 19.0 Å². The zero-order valence-electron chi connectivity index (χ0n) is 16.6. The first kappa shape index (κ1) is 21.2. The molecule has 0 saturated carbocycles. The van der Waals surface area contributed by atoms with Gasteiger partial charge in [0, 0.05) is 12.7 Å². The molecule has 3 N–H and O–H groups in total. The third-order valence-corrected chi connectivity index (χ3v) is 5.01. The lowest BCUT2D eigenvalue weighted by Crippen LogP contribution is -2.52. The van der Waals surface area contributed by atoms with Crippen LogP contribution >= 0.6 is 0 Å². The van der Waals surface area contributed by atoms with E-state index < -0.39 is 18.0 Å². The molecule has 0 unspecified atom stereocenters. The van der Waals surface area contributed by atoms with Crippen molar-refractivity contribution in [1.29, 1.82) is 0 Å². The third kappa shape index (κ3) is 5.98. The molecule has 1 aliphatic rings. The molecular formula is C20H28FN5O3. The van der Waals surface area contributed by atoms with Gasteiger partial charge in [0.05, 0.1) is 30.1 Å². The van der Waals surface area contributed by atoms with Crippen LogP contribution in [0.2, 0.25) is 0 Å². The predicted molar refractivity (Wildman–Crippen MR) is 106 cm³/mol. The second-order valence-electron chi connectivity index (χ2n) is 7.25. The van der Waals surface area contributed by atoms with Crippen LogP contribution in [0.4, 0.5) is 14.9 Å². The number of aliphatic hydroxyl groups excluding tert-OH is 1. The third-order valence-electron chi connectivity index (χ3n) is 5.01. The minimum absolute atomic E-state index is 0.0290. The van der Waals surface area contributed by atoms with Crippen molar-refractivity contribution in [3.05, 3.63) is 42.0 Å². The number of halogens is 1. The van der Waals surface area contributed by atoms with Gasteiger partial charge in [0.2, 0.25) is 0 Å². The van der Waals surface area contributed by atoms with E-state index in [9.17, 15) is 14.3 Å². The highest BCUT2D eigenvalue weighted by molar-refractivity contribution is 5.89. The van der Waals surface area contributed by atoms with Gasteiger partial charge in [-0.3, -0.25) is 4.68 Å². The predicted octanol–water partition coefficient (Wildman–Crippen LogP) is 2.49. The van der Waals surface area contributed by atoms with E-state index in [1.165, 1.54) is 12.1 Å². The first-order valence-electron chi connectivity index (χ1n) is 10.1. The molecule has 1 aromatic heterocycles. The van der Waals surface area contributed by atoms with Gasteiger partial charge in [0.15, 0.2) is 0 Å². The minimum Gasteiger partial charge on any atom is -0.394 e. The van der Waals surface area contributed by atoms with E-state index in [0.29, 0.717) is 13.0 Å². The Balaban J connectivity index is 1.47. The average Bonchev–Trinajstić information content (AvgIpc) is 3.17. The number of amides is 2. The molecule has 3 atom stereocenters. The second-order valence-corrected chi connectivity index (χ2v) is 7.25. The van der Waals surface area contributed by atoms with Crippen LogP contribution in [0.1, 0.15) is 38.3 Å². The van der Waals surface area contributed by atoms with Crippen molar-refractivity contribution in [3.8, 4) is 0 Å². The van der Waals surface area contributed by atoms with Crippen molar-refractivity contribution in [3.63, 3.8) is 0 Å². The Hall–Kier alpha value is -2.52. The molecule has 158 valence electrons. The molecule has 9 heteroatoms. The van der Waals surface area contributed by atoms with Crippen molar-refractivity contribution >= 4 is 11.7 Å². The van der Waals surface area contributed by atoms with E-state index in [0.717, 1.165) is 31.4 Å². The summed E-state index contributed by atoms with van der Waals surface area (Å²) in [5, 5.41) is 23.2. The maximum absolute atomic E-state index is 13.7. The van der Waals surface area contributed by atoms with E-state index in [-0.39, 0.29) is 24.4 Å². The summed E-state index contributed by atoms with van der Waals surface area (Å²) in [6.07, 6.45) is 5.52. The van der Waals surface area contributed by atoms with Crippen molar-refractivity contribution in [2.24, 2.45) is 0 Å². The first-order chi connectivity index (χ1) is 14.1. The normalized spacial score (nSPS) is 21.7. The van der Waals surface area contributed by atoms with Crippen LogP contribution in [0, 0.1) is 5.82 Å². The summed E-state index contributed by atoms with van der Waals surface area (Å²) in [6.45, 7) is 2.58. The highest BCUT2D eigenvalue weighted by Gasteiger charge is 2.32. The van der Waals surface area contributed by atoms with Gasteiger partial charge in [-0.25, -0.2) is 9.18 Å². The molecule has 2 heterocycles. The van der Waals surface area contributed by atoms with Gasteiger partial charge in [-0.1, -0.05) is 30.7 Å². The number of benzene rings is 1. The van der Waals surface area contributed by atoms with Gasteiger partial charge in [-0.2, -0.15) is 0 Å². The number of nitrogens with zero attached hydrogens (tertiary/aromatic N) is 3. The number of carbonyl (C=O) groups is 1. The molecule has 1 fully saturated rings. The van der Waals surface area contributed by atoms with E-state index in [1.54, 1.807) is 12.1 Å². The average molecular weight is 405 g/mol. The molecule has 1 saturated heterocycles. The van der Waals surface area contributed by atoms with Crippen LogP contribution < -0.4 is 10.6 Å². The number of urea groups is 1. The van der Waals surface area contributed by atoms with Gasteiger partial charge in [0.25, 0.3) is 0 Å². The molecule has 0 radical (unpaired) electrons. The summed E-state index contributed by atoms with van der Waals surface area (Å²) in [6, 6.07) is 5.10. The fourth-order valence-corrected chi connectivity index (χ4v) is 3.49. The maximum Gasteiger partial charge on any atom is 0.319 e. The molecule has 2 aromatic rings. The van der Waals surface area contributed by atoms with Crippen LogP contribution in [0.15, 0.2) is 30.5 Å². The molecule has 1 aromatic carbocycles. The summed E-state index contributed by atoms with van der Waals surface area (Å²) in [5.41, 5.74) is 1.09. The standard InChI is InChI=1S/C20H28FN5O3/c1-2-5-14-12-26(25-24-14)11-10-15-8-9-18(19(13-27)29-15)23-20(28)22-17-7-4-3-6-16(17)21/h3-4,6-7,12,15,18-19,27H,2,5,8-11,13H2,1H3,(H2,22,23,28)/t15-,18-,19+/m1/s1. The molecule has 0 spiro atoms. The fourth-order valence-electron chi connectivity index (χ4n) is 3.49. The van der Waals surface area contributed by atoms with E-state index in [1.807, 2.05) is 10.9 Å². The van der Waals surface area contributed by atoms with Crippen LogP contribution in [0.5, 0.6) is 0 Å². The number of anilines is 1. The largest absolute Gasteiger partial charge is 0.394 e. The van der Waals surface area contributed by atoms with Gasteiger partial charge in [0.1, 0.15) is 11.9 Å². The number of para-hydroxylation sites is 1. The Morgan fingerprint density at radius 3 is 2.97 bits per heavy atom. The molecule has 1 aliphatic heterocycles. The molecular weight excluding hydrogens is 377 g/mol. The number of aromatic nitrogens is 3. The summed E-state index contributed by atoms with van der Waals surface area (Å²) >= 11 is 0. The lowest BCUT2D eigenvalue weighted by molar-refractivity contribution is -0.0905.